The first kappa shape index (κ1) is 22.3. The van der Waals surface area contributed by atoms with Crippen molar-refractivity contribution in [3.05, 3.63) is 83.4 Å². The van der Waals surface area contributed by atoms with E-state index in [0.29, 0.717) is 22.5 Å². The van der Waals surface area contributed by atoms with E-state index >= 15 is 0 Å². The molecular weight excluding hydrogens is 413 g/mol. The Bertz CT molecular complexity index is 1200. The number of benzene rings is 1. The van der Waals surface area contributed by atoms with Gasteiger partial charge < -0.3 is 21.3 Å². The van der Waals surface area contributed by atoms with Crippen molar-refractivity contribution in [3.8, 4) is 0 Å². The number of nitrogen functional groups attached to an aromatic ring is 1. The molecule has 2 aromatic heterocycles. The van der Waals surface area contributed by atoms with Gasteiger partial charge in [-0.25, -0.2) is 14.4 Å². The minimum atomic E-state index is -0.366. The second kappa shape index (κ2) is 10.1. The molecule has 0 spiro atoms. The Morgan fingerprint density at radius 2 is 2.09 bits per heavy atom. The van der Waals surface area contributed by atoms with Crippen LogP contribution in [0.4, 0.5) is 15.9 Å². The topological polar surface area (TPSA) is 145 Å². The zero-order valence-corrected chi connectivity index (χ0v) is 17.5. The second-order valence-corrected chi connectivity index (χ2v) is 6.70. The molecule has 0 fully saturated rings. The summed E-state index contributed by atoms with van der Waals surface area (Å²) in [6, 6.07) is 7.93. The van der Waals surface area contributed by atoms with E-state index in [1.54, 1.807) is 44.2 Å². The summed E-state index contributed by atoms with van der Waals surface area (Å²) < 4.78 is 18.8. The van der Waals surface area contributed by atoms with Crippen LogP contribution in [0.15, 0.2) is 70.0 Å². The summed E-state index contributed by atoms with van der Waals surface area (Å²) in [5.41, 5.74) is 14.2. The predicted octanol–water partition coefficient (Wildman–Crippen LogP) is 3.08. The molecule has 0 bridgehead atoms. The molecule has 1 aromatic carbocycles. The molecule has 2 heterocycles. The zero-order chi connectivity index (χ0) is 23.1. The van der Waals surface area contributed by atoms with Crippen LogP contribution < -0.4 is 16.8 Å². The van der Waals surface area contributed by atoms with Crippen LogP contribution in [0.3, 0.4) is 0 Å². The number of carbonyl (C=O) groups excluding carboxylic acids is 1. The molecule has 0 aliphatic heterocycles. The number of halogens is 1. The highest BCUT2D eigenvalue weighted by atomic mass is 19.1. The number of anilines is 2. The Labute approximate surface area is 183 Å². The Balaban J connectivity index is 1.88. The van der Waals surface area contributed by atoms with Gasteiger partial charge in [-0.2, -0.15) is 0 Å². The minimum absolute atomic E-state index is 0.0508. The lowest BCUT2D eigenvalue weighted by Crippen LogP contribution is -2.16. The third-order valence-corrected chi connectivity index (χ3v) is 4.49. The summed E-state index contributed by atoms with van der Waals surface area (Å²) in [4.78, 5) is 24.8. The van der Waals surface area contributed by atoms with Gasteiger partial charge in [0.15, 0.2) is 11.6 Å². The largest absolute Gasteiger partial charge is 0.396 e. The van der Waals surface area contributed by atoms with Crippen LogP contribution in [0.5, 0.6) is 0 Å². The van der Waals surface area contributed by atoms with Crippen molar-refractivity contribution in [1.82, 2.24) is 15.1 Å². The van der Waals surface area contributed by atoms with E-state index in [1.165, 1.54) is 24.6 Å². The summed E-state index contributed by atoms with van der Waals surface area (Å²) in [5.74, 6) is -0.498. The molecule has 0 saturated heterocycles. The lowest BCUT2D eigenvalue weighted by molar-refractivity contribution is -0.112. The van der Waals surface area contributed by atoms with E-state index in [4.69, 9.17) is 16.0 Å². The molecule has 0 aliphatic rings. The number of carbonyl (C=O) groups is 1. The normalized spacial score (nSPS) is 12.7. The first-order valence-corrected chi connectivity index (χ1v) is 9.62. The van der Waals surface area contributed by atoms with Gasteiger partial charge in [0.25, 0.3) is 5.91 Å². The number of nitrogens with two attached hydrogens (primary N) is 2. The van der Waals surface area contributed by atoms with E-state index in [-0.39, 0.29) is 41.3 Å². The number of aliphatic imine (C=N–C) groups is 1. The summed E-state index contributed by atoms with van der Waals surface area (Å²) in [6.07, 6.45) is 5.92. The average molecular weight is 435 g/mol. The smallest absolute Gasteiger partial charge is 0.251 e. The van der Waals surface area contributed by atoms with Gasteiger partial charge in [0.05, 0.1) is 24.2 Å². The molecule has 0 saturated carbocycles. The predicted molar refractivity (Wildman–Crippen MR) is 120 cm³/mol. The van der Waals surface area contributed by atoms with Gasteiger partial charge in [-0.15, -0.1) is 0 Å². The third-order valence-electron chi connectivity index (χ3n) is 4.49. The maximum absolute atomic E-state index is 13.9. The van der Waals surface area contributed by atoms with Gasteiger partial charge in [-0.05, 0) is 26.0 Å². The quantitative estimate of drug-likeness (QED) is 0.382. The van der Waals surface area contributed by atoms with E-state index in [0.717, 1.165) is 0 Å². The lowest BCUT2D eigenvalue weighted by atomic mass is 10.2. The lowest BCUT2D eigenvalue weighted by Gasteiger charge is -2.09. The molecule has 0 aliphatic carbocycles. The van der Waals surface area contributed by atoms with E-state index in [9.17, 15) is 9.18 Å². The highest BCUT2D eigenvalue weighted by molar-refractivity contribution is 6.10. The second-order valence-electron chi connectivity index (χ2n) is 6.70. The highest BCUT2D eigenvalue weighted by Gasteiger charge is 2.12. The van der Waals surface area contributed by atoms with Crippen LogP contribution >= 0.6 is 0 Å². The summed E-state index contributed by atoms with van der Waals surface area (Å²) in [6.45, 7) is 3.49. The molecule has 0 unspecified atom stereocenters. The Morgan fingerprint density at radius 1 is 1.31 bits per heavy atom. The van der Waals surface area contributed by atoms with Crippen molar-refractivity contribution >= 4 is 28.8 Å². The first-order chi connectivity index (χ1) is 15.4. The minimum Gasteiger partial charge on any atom is -0.396 e. The molecule has 3 rings (SSSR count). The van der Waals surface area contributed by atoms with Crippen LogP contribution in [0, 0.1) is 5.82 Å². The Kier molecular flexibility index (Phi) is 7.06. The summed E-state index contributed by atoms with van der Waals surface area (Å²) in [7, 11) is 0. The molecule has 1 amide bonds. The van der Waals surface area contributed by atoms with E-state index in [2.05, 4.69) is 25.4 Å². The van der Waals surface area contributed by atoms with Crippen molar-refractivity contribution in [2.24, 2.45) is 10.7 Å². The molecule has 0 radical (unpaired) electrons. The number of nitrogens with zero attached hydrogens (tertiary/aromatic N) is 4. The number of hydrogen-bond donors (Lipinski definition) is 3. The molecule has 164 valence electrons. The SMILES string of the molecule is C/C=C(\C)C(=O)Nc1cnc(C(N)=CC(=NCc2ccccc2F)c2ccon2)nc1N. The average Bonchev–Trinajstić information content (AvgIpc) is 3.33. The molecule has 3 aromatic rings. The Morgan fingerprint density at radius 3 is 2.75 bits per heavy atom. The van der Waals surface area contributed by atoms with Crippen molar-refractivity contribution in [3.63, 3.8) is 0 Å². The van der Waals surface area contributed by atoms with Crippen molar-refractivity contribution in [2.45, 2.75) is 20.4 Å². The number of amides is 1. The molecular formula is C22H22FN7O2. The fourth-order valence-corrected chi connectivity index (χ4v) is 2.54. The highest BCUT2D eigenvalue weighted by Crippen LogP contribution is 2.18. The number of allylic oxidation sites excluding steroid dienone is 2. The van der Waals surface area contributed by atoms with Gasteiger partial charge in [0, 0.05) is 17.2 Å². The van der Waals surface area contributed by atoms with Gasteiger partial charge in [-0.3, -0.25) is 9.79 Å². The maximum atomic E-state index is 13.9. The number of aromatic nitrogens is 3. The molecule has 32 heavy (non-hydrogen) atoms. The van der Waals surface area contributed by atoms with Gasteiger partial charge in [0.2, 0.25) is 0 Å². The molecule has 10 heteroatoms. The van der Waals surface area contributed by atoms with Crippen molar-refractivity contribution in [1.29, 1.82) is 0 Å². The van der Waals surface area contributed by atoms with E-state index < -0.39 is 0 Å². The monoisotopic (exact) mass is 435 g/mol. The fraction of sp³-hybridized carbons (Fsp3) is 0.136. The zero-order valence-electron chi connectivity index (χ0n) is 17.5. The third kappa shape index (κ3) is 5.42. The standard InChI is InChI=1S/C22H22FN7O2/c1-3-13(2)22(31)28-19-12-27-21(29-20(19)25)16(24)10-18(17-8-9-32-30-17)26-11-14-6-4-5-7-15(14)23/h3-10,12H,11,24H2,1-2H3,(H,28,31)(H2,25,27,29)/b13-3+,16-10?,26-18?. The Hall–Kier alpha value is -4.34. The number of nitrogens with one attached hydrogen (secondary N) is 1. The van der Waals surface area contributed by atoms with Crippen LogP contribution in [0.2, 0.25) is 0 Å². The van der Waals surface area contributed by atoms with Gasteiger partial charge >= 0.3 is 0 Å². The van der Waals surface area contributed by atoms with E-state index in [1.807, 2.05) is 0 Å². The maximum Gasteiger partial charge on any atom is 0.251 e. The molecule has 0 atom stereocenters. The summed E-state index contributed by atoms with van der Waals surface area (Å²) in [5, 5.41) is 6.50. The molecule has 5 N–H and O–H groups in total. The fourth-order valence-electron chi connectivity index (χ4n) is 2.54. The van der Waals surface area contributed by atoms with Crippen LogP contribution in [0.25, 0.3) is 5.70 Å². The molecule has 9 nitrogen and oxygen atoms in total. The first-order valence-electron chi connectivity index (χ1n) is 9.62. The van der Waals surface area contributed by atoms with Gasteiger partial charge in [0.1, 0.15) is 23.5 Å². The van der Waals surface area contributed by atoms with Crippen molar-refractivity contribution < 1.29 is 13.7 Å². The van der Waals surface area contributed by atoms with Gasteiger partial charge in [-0.1, -0.05) is 29.4 Å². The van der Waals surface area contributed by atoms with Crippen molar-refractivity contribution in [2.75, 3.05) is 11.1 Å². The number of hydrogen-bond acceptors (Lipinski definition) is 8. The van der Waals surface area contributed by atoms with Crippen LogP contribution in [-0.2, 0) is 11.3 Å². The van der Waals surface area contributed by atoms with Crippen LogP contribution in [0.1, 0.15) is 30.9 Å². The van der Waals surface area contributed by atoms with Crippen LogP contribution in [-0.4, -0.2) is 26.7 Å². The summed E-state index contributed by atoms with van der Waals surface area (Å²) >= 11 is 0. The number of rotatable bonds is 7.